The van der Waals surface area contributed by atoms with Crippen LogP contribution in [-0.2, 0) is 23.1 Å². The summed E-state index contributed by atoms with van der Waals surface area (Å²) in [4.78, 5) is 12.4. The van der Waals surface area contributed by atoms with Crippen molar-refractivity contribution in [1.29, 1.82) is 0 Å². The standard InChI is InChI=1S/C34H43NO2/c1-8-18-34(6,7)27-15-17-31-29(21-27)28-20-24(22-33(4,5)9-2)14-16-30(28)35(31)23-25-12-11-13-26(19-25)32(36)37-10-3/h11-17,19-21H,8-10,18,22-23H2,1-7H3. The van der Waals surface area contributed by atoms with Crippen LogP contribution in [0.1, 0.15) is 94.8 Å². The van der Waals surface area contributed by atoms with Crippen LogP contribution in [0.5, 0.6) is 0 Å². The second-order valence-corrected chi connectivity index (χ2v) is 11.9. The lowest BCUT2D eigenvalue weighted by molar-refractivity contribution is 0.0526. The third-order valence-corrected chi connectivity index (χ3v) is 8.00. The SMILES string of the molecule is CCCC(C)(C)c1ccc2c(c1)c1cc(CC(C)(C)CC)ccc1n2Cc1cccc(C(=O)OCC)c1. The van der Waals surface area contributed by atoms with Gasteiger partial charge in [-0.2, -0.15) is 0 Å². The highest BCUT2D eigenvalue weighted by atomic mass is 16.5. The van der Waals surface area contributed by atoms with E-state index in [0.29, 0.717) is 18.7 Å². The molecule has 0 aliphatic carbocycles. The summed E-state index contributed by atoms with van der Waals surface area (Å²) >= 11 is 0. The number of fused-ring (bicyclic) bond motifs is 3. The highest BCUT2D eigenvalue weighted by Crippen LogP contribution is 2.37. The maximum Gasteiger partial charge on any atom is 0.338 e. The largest absolute Gasteiger partial charge is 0.462 e. The van der Waals surface area contributed by atoms with Crippen LogP contribution in [0.3, 0.4) is 0 Å². The summed E-state index contributed by atoms with van der Waals surface area (Å²) in [6, 6.07) is 21.9. The molecule has 196 valence electrons. The predicted octanol–water partition coefficient (Wildman–Crippen LogP) is 9.08. The van der Waals surface area contributed by atoms with Crippen molar-refractivity contribution in [1.82, 2.24) is 4.57 Å². The van der Waals surface area contributed by atoms with Gasteiger partial charge in [-0.15, -0.1) is 0 Å². The maximum absolute atomic E-state index is 12.4. The smallest absolute Gasteiger partial charge is 0.338 e. The highest BCUT2D eigenvalue weighted by Gasteiger charge is 2.22. The van der Waals surface area contributed by atoms with Gasteiger partial charge < -0.3 is 9.30 Å². The third-order valence-electron chi connectivity index (χ3n) is 8.00. The van der Waals surface area contributed by atoms with Crippen LogP contribution in [0.2, 0.25) is 0 Å². The lowest BCUT2D eigenvalue weighted by Crippen LogP contribution is -2.16. The molecule has 37 heavy (non-hydrogen) atoms. The zero-order chi connectivity index (χ0) is 26.8. The summed E-state index contributed by atoms with van der Waals surface area (Å²) in [7, 11) is 0. The van der Waals surface area contributed by atoms with Crippen molar-refractivity contribution in [3.63, 3.8) is 0 Å². The molecular weight excluding hydrogens is 454 g/mol. The molecule has 0 spiro atoms. The van der Waals surface area contributed by atoms with Gasteiger partial charge in [-0.3, -0.25) is 0 Å². The Labute approximate surface area is 222 Å². The first-order valence-electron chi connectivity index (χ1n) is 13.9. The second kappa shape index (κ2) is 10.7. The summed E-state index contributed by atoms with van der Waals surface area (Å²) < 4.78 is 7.64. The van der Waals surface area contributed by atoms with Crippen molar-refractivity contribution < 1.29 is 9.53 Å². The topological polar surface area (TPSA) is 31.2 Å². The van der Waals surface area contributed by atoms with Gasteiger partial charge in [0.2, 0.25) is 0 Å². The average molecular weight is 498 g/mol. The predicted molar refractivity (Wildman–Crippen MR) is 157 cm³/mol. The van der Waals surface area contributed by atoms with Crippen LogP contribution in [0.4, 0.5) is 0 Å². The Hall–Kier alpha value is -3.07. The fourth-order valence-electron chi connectivity index (χ4n) is 5.49. The maximum atomic E-state index is 12.4. The molecule has 0 aliphatic rings. The number of rotatable bonds is 10. The number of hydrogen-bond donors (Lipinski definition) is 0. The molecule has 0 unspecified atom stereocenters. The zero-order valence-corrected chi connectivity index (χ0v) is 23.8. The van der Waals surface area contributed by atoms with E-state index in [1.54, 1.807) is 0 Å². The molecular formula is C34H43NO2. The van der Waals surface area contributed by atoms with Crippen molar-refractivity contribution >= 4 is 27.8 Å². The van der Waals surface area contributed by atoms with Crippen LogP contribution < -0.4 is 0 Å². The number of aromatic nitrogens is 1. The number of hydrogen-bond acceptors (Lipinski definition) is 2. The van der Waals surface area contributed by atoms with E-state index in [4.69, 9.17) is 4.74 Å². The molecule has 0 amide bonds. The monoisotopic (exact) mass is 497 g/mol. The minimum absolute atomic E-state index is 0.132. The van der Waals surface area contributed by atoms with Gasteiger partial charge in [-0.25, -0.2) is 4.79 Å². The third kappa shape index (κ3) is 5.76. The Bertz CT molecular complexity index is 1410. The summed E-state index contributed by atoms with van der Waals surface area (Å²) in [6.07, 6.45) is 4.54. The number of esters is 1. The lowest BCUT2D eigenvalue weighted by atomic mass is 9.80. The Kier molecular flexibility index (Phi) is 7.83. The Morgan fingerprint density at radius 3 is 2.22 bits per heavy atom. The van der Waals surface area contributed by atoms with E-state index in [0.717, 1.165) is 24.8 Å². The minimum Gasteiger partial charge on any atom is -0.462 e. The first-order valence-corrected chi connectivity index (χ1v) is 13.9. The molecule has 0 atom stereocenters. The molecule has 3 nitrogen and oxygen atoms in total. The van der Waals surface area contributed by atoms with Crippen molar-refractivity contribution in [3.05, 3.63) is 82.9 Å². The number of carbonyl (C=O) groups excluding carboxylic acids is 1. The van der Waals surface area contributed by atoms with E-state index in [-0.39, 0.29) is 16.8 Å². The number of nitrogens with zero attached hydrogens (tertiary/aromatic N) is 1. The lowest BCUT2D eigenvalue weighted by Gasteiger charge is -2.25. The molecule has 0 saturated carbocycles. The van der Waals surface area contributed by atoms with Gasteiger partial charge in [-0.1, -0.05) is 78.6 Å². The Morgan fingerprint density at radius 2 is 1.54 bits per heavy atom. The fraction of sp³-hybridized carbons (Fsp3) is 0.441. The quantitative estimate of drug-likeness (QED) is 0.205. The molecule has 1 heterocycles. The van der Waals surface area contributed by atoms with E-state index >= 15 is 0 Å². The molecule has 3 heteroatoms. The van der Waals surface area contributed by atoms with Gasteiger partial charge in [0.25, 0.3) is 0 Å². The van der Waals surface area contributed by atoms with E-state index in [1.807, 2.05) is 25.1 Å². The van der Waals surface area contributed by atoms with Gasteiger partial charge in [0.15, 0.2) is 0 Å². The zero-order valence-electron chi connectivity index (χ0n) is 23.8. The van der Waals surface area contributed by atoms with Gasteiger partial charge >= 0.3 is 5.97 Å². The van der Waals surface area contributed by atoms with Crippen molar-refractivity contribution in [2.45, 2.75) is 86.1 Å². The van der Waals surface area contributed by atoms with E-state index < -0.39 is 0 Å². The van der Waals surface area contributed by atoms with Crippen LogP contribution in [0, 0.1) is 5.41 Å². The van der Waals surface area contributed by atoms with Gasteiger partial charge in [0.1, 0.15) is 0 Å². The van der Waals surface area contributed by atoms with Crippen molar-refractivity contribution in [2.75, 3.05) is 6.61 Å². The van der Waals surface area contributed by atoms with Gasteiger partial charge in [-0.05, 0) is 83.7 Å². The van der Waals surface area contributed by atoms with Crippen LogP contribution >= 0.6 is 0 Å². The second-order valence-electron chi connectivity index (χ2n) is 11.9. The molecule has 0 fully saturated rings. The molecule has 4 rings (SSSR count). The number of carbonyl (C=O) groups is 1. The van der Waals surface area contributed by atoms with Gasteiger partial charge in [0.05, 0.1) is 12.2 Å². The minimum atomic E-state index is -0.266. The molecule has 4 aromatic rings. The Morgan fingerprint density at radius 1 is 0.838 bits per heavy atom. The van der Waals surface area contributed by atoms with Crippen molar-refractivity contribution in [2.24, 2.45) is 5.41 Å². The van der Waals surface area contributed by atoms with Crippen LogP contribution in [0.15, 0.2) is 60.7 Å². The van der Waals surface area contributed by atoms with Crippen molar-refractivity contribution in [3.8, 4) is 0 Å². The van der Waals surface area contributed by atoms with E-state index in [1.165, 1.54) is 39.4 Å². The number of benzene rings is 3. The first kappa shape index (κ1) is 27.0. The van der Waals surface area contributed by atoms with Gasteiger partial charge in [0, 0.05) is 28.4 Å². The van der Waals surface area contributed by atoms with E-state index in [2.05, 4.69) is 88.6 Å². The summed E-state index contributed by atoms with van der Waals surface area (Å²) in [5.41, 5.74) is 7.36. The average Bonchev–Trinajstić information content (AvgIpc) is 3.16. The molecule has 0 radical (unpaired) electrons. The van der Waals surface area contributed by atoms with E-state index in [9.17, 15) is 4.79 Å². The Balaban J connectivity index is 1.87. The van der Waals surface area contributed by atoms with Crippen LogP contribution in [0.25, 0.3) is 21.8 Å². The fourth-order valence-corrected chi connectivity index (χ4v) is 5.49. The summed E-state index contributed by atoms with van der Waals surface area (Å²) in [5, 5.41) is 2.63. The molecule has 0 N–H and O–H groups in total. The normalized spacial score (nSPS) is 12.4. The van der Waals surface area contributed by atoms with Crippen LogP contribution in [-0.4, -0.2) is 17.1 Å². The molecule has 3 aromatic carbocycles. The summed E-state index contributed by atoms with van der Waals surface area (Å²) in [5.74, 6) is -0.266. The molecule has 0 bridgehead atoms. The molecule has 0 aliphatic heterocycles. The highest BCUT2D eigenvalue weighted by molar-refractivity contribution is 6.08. The molecule has 0 saturated heterocycles. The number of ether oxygens (including phenoxy) is 1. The summed E-state index contributed by atoms with van der Waals surface area (Å²) in [6.45, 7) is 16.9. The molecule has 1 aromatic heterocycles. The first-order chi connectivity index (χ1) is 17.6.